The van der Waals surface area contributed by atoms with E-state index in [1.807, 2.05) is 13.8 Å². The molecule has 1 atom stereocenters. The number of aliphatic hydroxyl groups is 1. The van der Waals surface area contributed by atoms with Crippen molar-refractivity contribution in [2.24, 2.45) is 0 Å². The van der Waals surface area contributed by atoms with Gasteiger partial charge in [0.2, 0.25) is 0 Å². The zero-order valence-corrected chi connectivity index (χ0v) is 10.8. The Morgan fingerprint density at radius 2 is 2.22 bits per heavy atom. The van der Waals surface area contributed by atoms with Crippen molar-refractivity contribution in [2.45, 2.75) is 26.3 Å². The first-order valence-corrected chi connectivity index (χ1v) is 6.07. The molecule has 4 N–H and O–H groups in total. The highest BCUT2D eigenvalue weighted by molar-refractivity contribution is 6.02. The highest BCUT2D eigenvalue weighted by Gasteiger charge is 2.18. The predicted octanol–water partition coefficient (Wildman–Crippen LogP) is 1.17. The van der Waals surface area contributed by atoms with Crippen molar-refractivity contribution < 1.29 is 14.6 Å². The number of anilines is 1. The predicted molar refractivity (Wildman–Crippen MR) is 70.7 cm³/mol. The lowest BCUT2D eigenvalue weighted by molar-refractivity contribution is 0.0912. The molecular formula is C13H20N2O3. The van der Waals surface area contributed by atoms with Gasteiger partial charge in [-0.15, -0.1) is 0 Å². The second kappa shape index (κ2) is 6.86. The van der Waals surface area contributed by atoms with Crippen LogP contribution in [0.1, 0.15) is 30.6 Å². The Balaban J connectivity index is 2.96. The van der Waals surface area contributed by atoms with Crippen LogP contribution in [0.25, 0.3) is 0 Å². The zero-order valence-electron chi connectivity index (χ0n) is 10.8. The summed E-state index contributed by atoms with van der Waals surface area (Å²) >= 11 is 0. The smallest absolute Gasteiger partial charge is 0.257 e. The molecule has 5 nitrogen and oxygen atoms in total. The molecule has 100 valence electrons. The molecular weight excluding hydrogens is 232 g/mol. The Morgan fingerprint density at radius 3 is 2.78 bits per heavy atom. The number of aliphatic hydroxyl groups excluding tert-OH is 1. The van der Waals surface area contributed by atoms with Gasteiger partial charge in [-0.3, -0.25) is 4.79 Å². The monoisotopic (exact) mass is 252 g/mol. The fourth-order valence-electron chi connectivity index (χ4n) is 1.60. The van der Waals surface area contributed by atoms with Crippen LogP contribution in [-0.4, -0.2) is 30.3 Å². The van der Waals surface area contributed by atoms with Crippen molar-refractivity contribution in [2.75, 3.05) is 18.9 Å². The standard InChI is InChI=1S/C13H20N2O3/c1-3-9(8-16)15-13(17)12-10(14)6-5-7-11(12)18-4-2/h5-7,9,16H,3-4,8,14H2,1-2H3,(H,15,17)/t9-/m0/s1. The number of carbonyl (C=O) groups excluding carboxylic acids is 1. The SMILES string of the molecule is CCOc1cccc(N)c1C(=O)N[C@@H](CC)CO. The van der Waals surface area contributed by atoms with Crippen molar-refractivity contribution in [1.29, 1.82) is 0 Å². The molecule has 1 aromatic carbocycles. The number of ether oxygens (including phenoxy) is 1. The number of hydrogen-bond acceptors (Lipinski definition) is 4. The highest BCUT2D eigenvalue weighted by Crippen LogP contribution is 2.24. The Kier molecular flexibility index (Phi) is 5.45. The van der Waals surface area contributed by atoms with Gasteiger partial charge in [0.25, 0.3) is 5.91 Å². The maximum absolute atomic E-state index is 12.1. The molecule has 1 aromatic rings. The lowest BCUT2D eigenvalue weighted by Gasteiger charge is -2.17. The molecule has 0 aliphatic heterocycles. The van der Waals surface area contributed by atoms with Crippen molar-refractivity contribution in [3.05, 3.63) is 23.8 Å². The summed E-state index contributed by atoms with van der Waals surface area (Å²) in [5.41, 5.74) is 6.50. The summed E-state index contributed by atoms with van der Waals surface area (Å²) in [6.07, 6.45) is 0.652. The molecule has 0 aliphatic rings. The molecule has 0 saturated heterocycles. The van der Waals surface area contributed by atoms with Crippen LogP contribution in [0.4, 0.5) is 5.69 Å². The van der Waals surface area contributed by atoms with E-state index in [1.165, 1.54) is 0 Å². The van der Waals surface area contributed by atoms with Crippen LogP contribution < -0.4 is 15.8 Å². The van der Waals surface area contributed by atoms with Crippen LogP contribution in [-0.2, 0) is 0 Å². The Labute approximate surface area is 107 Å². The first-order valence-electron chi connectivity index (χ1n) is 6.07. The number of amides is 1. The largest absolute Gasteiger partial charge is 0.493 e. The summed E-state index contributed by atoms with van der Waals surface area (Å²) < 4.78 is 5.38. The summed E-state index contributed by atoms with van der Waals surface area (Å²) in [5.74, 6) is 0.139. The van der Waals surface area contributed by atoms with Crippen LogP contribution in [0.2, 0.25) is 0 Å². The molecule has 0 aromatic heterocycles. The van der Waals surface area contributed by atoms with E-state index in [0.717, 1.165) is 0 Å². The summed E-state index contributed by atoms with van der Waals surface area (Å²) in [6, 6.07) is 4.82. The van der Waals surface area contributed by atoms with Gasteiger partial charge in [-0.2, -0.15) is 0 Å². The van der Waals surface area contributed by atoms with E-state index >= 15 is 0 Å². The third kappa shape index (κ3) is 3.37. The van der Waals surface area contributed by atoms with Gasteiger partial charge >= 0.3 is 0 Å². The maximum atomic E-state index is 12.1. The molecule has 18 heavy (non-hydrogen) atoms. The number of carbonyl (C=O) groups is 1. The molecule has 0 fully saturated rings. The van der Waals surface area contributed by atoms with E-state index in [2.05, 4.69) is 5.32 Å². The van der Waals surface area contributed by atoms with Gasteiger partial charge in [0.1, 0.15) is 11.3 Å². The molecule has 0 saturated carbocycles. The van der Waals surface area contributed by atoms with Crippen molar-refractivity contribution in [3.8, 4) is 5.75 Å². The van der Waals surface area contributed by atoms with Gasteiger partial charge in [0, 0.05) is 5.69 Å². The molecule has 1 amide bonds. The van der Waals surface area contributed by atoms with Crippen LogP contribution in [0.15, 0.2) is 18.2 Å². The van der Waals surface area contributed by atoms with Gasteiger partial charge in [0.05, 0.1) is 19.3 Å². The van der Waals surface area contributed by atoms with Crippen LogP contribution in [0.5, 0.6) is 5.75 Å². The number of rotatable bonds is 6. The summed E-state index contributed by atoms with van der Waals surface area (Å²) in [5, 5.41) is 11.8. The molecule has 0 heterocycles. The number of hydrogen-bond donors (Lipinski definition) is 3. The Morgan fingerprint density at radius 1 is 1.50 bits per heavy atom. The highest BCUT2D eigenvalue weighted by atomic mass is 16.5. The average molecular weight is 252 g/mol. The number of nitrogens with one attached hydrogen (secondary N) is 1. The van der Waals surface area contributed by atoms with Gasteiger partial charge in [-0.1, -0.05) is 13.0 Å². The van der Waals surface area contributed by atoms with E-state index in [9.17, 15) is 4.79 Å². The molecule has 0 aliphatic carbocycles. The van der Waals surface area contributed by atoms with E-state index in [0.29, 0.717) is 30.0 Å². The molecule has 0 unspecified atom stereocenters. The topological polar surface area (TPSA) is 84.6 Å². The molecule has 5 heteroatoms. The number of benzene rings is 1. The minimum absolute atomic E-state index is 0.0983. The second-order valence-corrected chi connectivity index (χ2v) is 3.91. The van der Waals surface area contributed by atoms with Gasteiger partial charge in [-0.25, -0.2) is 0 Å². The lowest BCUT2D eigenvalue weighted by atomic mass is 10.1. The molecule has 0 radical (unpaired) electrons. The van der Waals surface area contributed by atoms with E-state index < -0.39 is 0 Å². The molecule has 0 bridgehead atoms. The van der Waals surface area contributed by atoms with Crippen LogP contribution >= 0.6 is 0 Å². The minimum Gasteiger partial charge on any atom is -0.493 e. The first-order chi connectivity index (χ1) is 8.63. The molecule has 1 rings (SSSR count). The number of nitrogen functional groups attached to an aromatic ring is 1. The lowest BCUT2D eigenvalue weighted by Crippen LogP contribution is -2.37. The number of nitrogens with two attached hydrogens (primary N) is 1. The van der Waals surface area contributed by atoms with Crippen LogP contribution in [0.3, 0.4) is 0 Å². The molecule has 0 spiro atoms. The van der Waals surface area contributed by atoms with Crippen molar-refractivity contribution >= 4 is 11.6 Å². The van der Waals surface area contributed by atoms with E-state index in [1.54, 1.807) is 18.2 Å². The third-order valence-corrected chi connectivity index (χ3v) is 2.63. The quantitative estimate of drug-likeness (QED) is 0.663. The second-order valence-electron chi connectivity index (χ2n) is 3.91. The van der Waals surface area contributed by atoms with Gasteiger partial charge < -0.3 is 20.9 Å². The van der Waals surface area contributed by atoms with E-state index in [4.69, 9.17) is 15.6 Å². The average Bonchev–Trinajstić information content (AvgIpc) is 2.36. The maximum Gasteiger partial charge on any atom is 0.257 e. The zero-order chi connectivity index (χ0) is 13.5. The fourth-order valence-corrected chi connectivity index (χ4v) is 1.60. The Hall–Kier alpha value is -1.75. The Bertz CT molecular complexity index is 403. The summed E-state index contributed by atoms with van der Waals surface area (Å²) in [7, 11) is 0. The van der Waals surface area contributed by atoms with Crippen molar-refractivity contribution in [3.63, 3.8) is 0 Å². The van der Waals surface area contributed by atoms with Crippen LogP contribution in [0, 0.1) is 0 Å². The summed E-state index contributed by atoms with van der Waals surface area (Å²) in [6.45, 7) is 4.09. The minimum atomic E-state index is -0.322. The fraction of sp³-hybridized carbons (Fsp3) is 0.462. The van der Waals surface area contributed by atoms with E-state index in [-0.39, 0.29) is 18.6 Å². The van der Waals surface area contributed by atoms with Gasteiger partial charge in [0.15, 0.2) is 0 Å². The third-order valence-electron chi connectivity index (χ3n) is 2.63. The first kappa shape index (κ1) is 14.3. The summed E-state index contributed by atoms with van der Waals surface area (Å²) in [4.78, 5) is 12.1. The normalized spacial score (nSPS) is 11.9. The van der Waals surface area contributed by atoms with Crippen molar-refractivity contribution in [1.82, 2.24) is 5.32 Å². The van der Waals surface area contributed by atoms with Gasteiger partial charge in [-0.05, 0) is 25.5 Å².